The molecular formula is C29H29Cl2N5O3. The van der Waals surface area contributed by atoms with Crippen molar-refractivity contribution in [2.75, 3.05) is 12.4 Å². The summed E-state index contributed by atoms with van der Waals surface area (Å²) in [5.41, 5.74) is 10.7. The van der Waals surface area contributed by atoms with Gasteiger partial charge in [0.1, 0.15) is 16.7 Å². The second kappa shape index (κ2) is 13.3. The van der Waals surface area contributed by atoms with E-state index in [0.717, 1.165) is 22.3 Å². The number of aryl methyl sites for hydroxylation is 1. The summed E-state index contributed by atoms with van der Waals surface area (Å²) in [6.45, 7) is 0.373. The smallest absolute Gasteiger partial charge is 0.411 e. The average Bonchev–Trinajstić information content (AvgIpc) is 3.34. The first kappa shape index (κ1) is 28.2. The molecule has 5 N–H and O–H groups in total. The van der Waals surface area contributed by atoms with Crippen molar-refractivity contribution in [1.29, 1.82) is 0 Å². The van der Waals surface area contributed by atoms with Crippen molar-refractivity contribution in [3.63, 3.8) is 0 Å². The summed E-state index contributed by atoms with van der Waals surface area (Å²) < 4.78 is 4.62. The first-order valence-electron chi connectivity index (χ1n) is 12.4. The number of hydrogen-bond donors (Lipinski definition) is 4. The Morgan fingerprint density at radius 2 is 1.77 bits per heavy atom. The Bertz CT molecular complexity index is 1420. The maximum atomic E-state index is 13.1. The summed E-state index contributed by atoms with van der Waals surface area (Å²) in [7, 11) is 1.30. The van der Waals surface area contributed by atoms with Gasteiger partial charge in [-0.15, -0.1) is 0 Å². The molecule has 0 radical (unpaired) electrons. The van der Waals surface area contributed by atoms with Gasteiger partial charge < -0.3 is 20.8 Å². The molecule has 0 spiro atoms. The van der Waals surface area contributed by atoms with Crippen molar-refractivity contribution in [2.24, 2.45) is 5.73 Å². The molecule has 4 rings (SSSR count). The first-order valence-corrected chi connectivity index (χ1v) is 13.1. The van der Waals surface area contributed by atoms with E-state index in [4.69, 9.17) is 33.9 Å². The number of nitrogens with zero attached hydrogens (tertiary/aromatic N) is 1. The summed E-state index contributed by atoms with van der Waals surface area (Å²) in [4.78, 5) is 32.4. The summed E-state index contributed by atoms with van der Waals surface area (Å²) in [5, 5.41) is 6.68. The van der Waals surface area contributed by atoms with E-state index in [2.05, 4.69) is 20.4 Å². The van der Waals surface area contributed by atoms with Crippen molar-refractivity contribution < 1.29 is 14.3 Å². The molecule has 3 aromatic carbocycles. The highest BCUT2D eigenvalue weighted by molar-refractivity contribution is 6.32. The molecule has 0 bridgehead atoms. The molecule has 1 heterocycles. The number of ether oxygens (including phenoxy) is 1. The largest absolute Gasteiger partial charge is 0.453 e. The molecule has 8 nitrogen and oxygen atoms in total. The van der Waals surface area contributed by atoms with E-state index in [0.29, 0.717) is 46.8 Å². The predicted molar refractivity (Wildman–Crippen MR) is 154 cm³/mol. The number of benzene rings is 3. The van der Waals surface area contributed by atoms with Crippen LogP contribution >= 0.6 is 23.2 Å². The number of halogens is 2. The number of amides is 2. The predicted octanol–water partition coefficient (Wildman–Crippen LogP) is 6.05. The maximum absolute atomic E-state index is 13.1. The van der Waals surface area contributed by atoms with E-state index < -0.39 is 12.1 Å². The number of nitrogens with one attached hydrogen (secondary N) is 3. The topological polar surface area (TPSA) is 122 Å². The molecule has 0 saturated heterocycles. The average molecular weight is 566 g/mol. The number of aromatic nitrogens is 2. The van der Waals surface area contributed by atoms with E-state index in [9.17, 15) is 9.59 Å². The van der Waals surface area contributed by atoms with E-state index in [1.165, 1.54) is 7.11 Å². The minimum Gasteiger partial charge on any atom is -0.453 e. The van der Waals surface area contributed by atoms with E-state index in [-0.39, 0.29) is 12.3 Å². The molecule has 2 amide bonds. The van der Waals surface area contributed by atoms with E-state index in [1.807, 2.05) is 42.5 Å². The summed E-state index contributed by atoms with van der Waals surface area (Å²) >= 11 is 12.7. The Labute approximate surface area is 236 Å². The molecule has 0 saturated carbocycles. The van der Waals surface area contributed by atoms with Crippen LogP contribution in [0.1, 0.15) is 35.0 Å². The van der Waals surface area contributed by atoms with Crippen LogP contribution in [0.15, 0.2) is 72.8 Å². The highest BCUT2D eigenvalue weighted by Crippen LogP contribution is 2.29. The number of rotatable bonds is 10. The van der Waals surface area contributed by atoms with Gasteiger partial charge in [0.25, 0.3) is 0 Å². The van der Waals surface area contributed by atoms with Crippen LogP contribution in [0.4, 0.5) is 10.5 Å². The van der Waals surface area contributed by atoms with Gasteiger partial charge in [-0.1, -0.05) is 71.7 Å². The lowest BCUT2D eigenvalue weighted by Crippen LogP contribution is -2.31. The molecule has 1 atom stereocenters. The van der Waals surface area contributed by atoms with Gasteiger partial charge in [0, 0.05) is 29.2 Å². The van der Waals surface area contributed by atoms with Crippen molar-refractivity contribution in [1.82, 2.24) is 15.3 Å². The lowest BCUT2D eigenvalue weighted by atomic mass is 10.0. The number of carbonyl (C=O) groups is 2. The number of hydrogen-bond acceptors (Lipinski definition) is 5. The quantitative estimate of drug-likeness (QED) is 0.186. The number of methoxy groups -OCH3 is 1. The third kappa shape index (κ3) is 7.60. The van der Waals surface area contributed by atoms with Gasteiger partial charge in [-0.3, -0.25) is 10.1 Å². The van der Waals surface area contributed by atoms with Gasteiger partial charge in [0.05, 0.1) is 13.2 Å². The fraction of sp³-hybridized carbons (Fsp3) is 0.207. The number of anilines is 1. The van der Waals surface area contributed by atoms with Gasteiger partial charge >= 0.3 is 6.09 Å². The van der Waals surface area contributed by atoms with Crippen LogP contribution in [0, 0.1) is 0 Å². The Kier molecular flexibility index (Phi) is 9.59. The lowest BCUT2D eigenvalue weighted by molar-refractivity contribution is -0.121. The van der Waals surface area contributed by atoms with Crippen LogP contribution in [0.3, 0.4) is 0 Å². The standard InChI is InChI=1S/C29H29Cl2N5O3/c1-39-29(38)33-23-12-8-19(9-13-23)26-27(31)36-28(35-26)24(15-18-5-3-2-4-6-18)34-25(37)14-10-20-16-22(30)11-7-21(20)17-32/h2-9,11-13,16,24H,10,14-15,17,32H2,1H3,(H,33,38)(H,34,37)(H,35,36). The zero-order valence-electron chi connectivity index (χ0n) is 21.3. The first-order chi connectivity index (χ1) is 18.9. The Morgan fingerprint density at radius 3 is 2.46 bits per heavy atom. The Balaban J connectivity index is 1.53. The highest BCUT2D eigenvalue weighted by Gasteiger charge is 2.22. The number of carbonyl (C=O) groups excluding carboxylic acids is 2. The third-order valence-corrected chi connectivity index (χ3v) is 6.73. The Hall–Kier alpha value is -3.85. The summed E-state index contributed by atoms with van der Waals surface area (Å²) in [6.07, 6.45) is 0.724. The highest BCUT2D eigenvalue weighted by atomic mass is 35.5. The number of H-pyrrole nitrogens is 1. The van der Waals surface area contributed by atoms with Crippen molar-refractivity contribution in [3.8, 4) is 11.3 Å². The Morgan fingerprint density at radius 1 is 1.03 bits per heavy atom. The molecule has 0 fully saturated rings. The van der Waals surface area contributed by atoms with Gasteiger partial charge in [0.2, 0.25) is 5.91 Å². The van der Waals surface area contributed by atoms with Crippen LogP contribution < -0.4 is 16.4 Å². The second-order valence-corrected chi connectivity index (χ2v) is 9.72. The number of aromatic amines is 1. The summed E-state index contributed by atoms with van der Waals surface area (Å²) in [5.74, 6) is 0.403. The van der Waals surface area contributed by atoms with Gasteiger partial charge in [0.15, 0.2) is 0 Å². The summed E-state index contributed by atoms with van der Waals surface area (Å²) in [6, 6.07) is 22.0. The van der Waals surface area contributed by atoms with E-state index >= 15 is 0 Å². The van der Waals surface area contributed by atoms with Crippen LogP contribution in [0.5, 0.6) is 0 Å². The number of imidazole rings is 1. The van der Waals surface area contributed by atoms with Crippen molar-refractivity contribution in [3.05, 3.63) is 105 Å². The normalized spacial score (nSPS) is 11.6. The molecular weight excluding hydrogens is 537 g/mol. The lowest BCUT2D eigenvalue weighted by Gasteiger charge is -2.17. The number of nitrogens with two attached hydrogens (primary N) is 1. The third-order valence-electron chi connectivity index (χ3n) is 6.23. The fourth-order valence-electron chi connectivity index (χ4n) is 4.21. The zero-order valence-corrected chi connectivity index (χ0v) is 22.9. The molecule has 4 aromatic rings. The SMILES string of the molecule is COC(=O)Nc1ccc(-c2nc(C(Cc3ccccc3)NC(=O)CCc3cc(Cl)ccc3CN)[nH]c2Cl)cc1. The van der Waals surface area contributed by atoms with Gasteiger partial charge in [-0.2, -0.15) is 0 Å². The van der Waals surface area contributed by atoms with Crippen molar-refractivity contribution in [2.45, 2.75) is 31.8 Å². The molecule has 39 heavy (non-hydrogen) atoms. The molecule has 0 aliphatic heterocycles. The second-order valence-electron chi connectivity index (χ2n) is 8.91. The molecule has 1 aromatic heterocycles. The molecule has 0 aliphatic rings. The minimum atomic E-state index is -0.558. The molecule has 202 valence electrons. The van der Waals surface area contributed by atoms with E-state index in [1.54, 1.807) is 30.3 Å². The van der Waals surface area contributed by atoms with Crippen LogP contribution in [-0.2, 0) is 28.9 Å². The van der Waals surface area contributed by atoms with Crippen molar-refractivity contribution >= 4 is 40.9 Å². The molecule has 10 heteroatoms. The van der Waals surface area contributed by atoms with Crippen LogP contribution in [0.2, 0.25) is 10.2 Å². The maximum Gasteiger partial charge on any atom is 0.411 e. The zero-order chi connectivity index (χ0) is 27.8. The molecule has 1 unspecified atom stereocenters. The van der Waals surface area contributed by atoms with Gasteiger partial charge in [-0.25, -0.2) is 9.78 Å². The fourth-order valence-corrected chi connectivity index (χ4v) is 4.66. The van der Waals surface area contributed by atoms with Crippen LogP contribution in [0.25, 0.3) is 11.3 Å². The molecule has 0 aliphatic carbocycles. The monoisotopic (exact) mass is 565 g/mol. The minimum absolute atomic E-state index is 0.133. The van der Waals surface area contributed by atoms with Crippen LogP contribution in [-0.4, -0.2) is 29.1 Å². The van der Waals surface area contributed by atoms with Gasteiger partial charge in [-0.05, 0) is 53.8 Å².